The van der Waals surface area contributed by atoms with E-state index in [2.05, 4.69) is 10.6 Å². The molecule has 0 aromatic heterocycles. The highest BCUT2D eigenvalue weighted by atomic mass is 35.5. The number of nitrogens with one attached hydrogen (secondary N) is 2. The smallest absolute Gasteiger partial charge is 0.232 e. The zero-order valence-electron chi connectivity index (χ0n) is 12.2. The summed E-state index contributed by atoms with van der Waals surface area (Å²) in [7, 11) is 0. The molecular weight excluding hydrogens is 307 g/mol. The Bertz CT molecular complexity index is 535. The number of rotatable bonds is 2. The van der Waals surface area contributed by atoms with Gasteiger partial charge < -0.3 is 10.6 Å². The third kappa shape index (κ3) is 3.05. The number of benzene rings is 1. The number of halogens is 2. The summed E-state index contributed by atoms with van der Waals surface area (Å²) < 4.78 is 0. The van der Waals surface area contributed by atoms with Crippen LogP contribution in [0.15, 0.2) is 18.2 Å². The van der Waals surface area contributed by atoms with E-state index in [0.29, 0.717) is 10.9 Å². The van der Waals surface area contributed by atoms with Gasteiger partial charge in [-0.15, -0.1) is 12.4 Å². The molecule has 5 heteroatoms. The van der Waals surface area contributed by atoms with Crippen molar-refractivity contribution in [2.75, 3.05) is 18.4 Å². The maximum Gasteiger partial charge on any atom is 0.232 e. The Morgan fingerprint density at radius 3 is 3.00 bits per heavy atom. The molecule has 3 nitrogen and oxygen atoms in total. The molecule has 1 aliphatic heterocycles. The molecule has 21 heavy (non-hydrogen) atoms. The standard InChI is InChI=1S/C16H21ClN2O.ClH/c1-11-5-6-14(13(17)8-11)19-15(20)16-7-3-2-4-12(16)9-18-10-16;/h5-6,8,12,18H,2-4,7,9-10H2,1H3,(H,19,20);1H/t12-,16+;/m0./s1. The lowest BCUT2D eigenvalue weighted by atomic mass is 9.67. The van der Waals surface area contributed by atoms with Crippen LogP contribution in [-0.2, 0) is 4.79 Å². The third-order valence-corrected chi connectivity index (χ3v) is 5.18. The fourth-order valence-corrected chi connectivity index (χ4v) is 3.94. The number of carbonyl (C=O) groups is 1. The molecule has 1 amide bonds. The van der Waals surface area contributed by atoms with Gasteiger partial charge in [0.2, 0.25) is 5.91 Å². The van der Waals surface area contributed by atoms with Gasteiger partial charge in [-0.05, 0) is 49.9 Å². The minimum atomic E-state index is -0.230. The van der Waals surface area contributed by atoms with Gasteiger partial charge in [0.15, 0.2) is 0 Å². The summed E-state index contributed by atoms with van der Waals surface area (Å²) in [6, 6.07) is 5.76. The SMILES string of the molecule is Cc1ccc(NC(=O)[C@@]23CCCC[C@H]2CNC3)c(Cl)c1.Cl. The van der Waals surface area contributed by atoms with E-state index in [-0.39, 0.29) is 23.7 Å². The largest absolute Gasteiger partial charge is 0.324 e. The Hall–Kier alpha value is -0.770. The Morgan fingerprint density at radius 1 is 1.43 bits per heavy atom. The first kappa shape index (κ1) is 16.6. The van der Waals surface area contributed by atoms with Crippen molar-refractivity contribution in [3.05, 3.63) is 28.8 Å². The Morgan fingerprint density at radius 2 is 2.24 bits per heavy atom. The summed E-state index contributed by atoms with van der Waals surface area (Å²) in [6.45, 7) is 3.76. The van der Waals surface area contributed by atoms with Crippen molar-refractivity contribution < 1.29 is 4.79 Å². The van der Waals surface area contributed by atoms with Crippen molar-refractivity contribution in [3.8, 4) is 0 Å². The average molecular weight is 329 g/mol. The van der Waals surface area contributed by atoms with Gasteiger partial charge in [-0.25, -0.2) is 0 Å². The van der Waals surface area contributed by atoms with Crippen LogP contribution in [0.3, 0.4) is 0 Å². The summed E-state index contributed by atoms with van der Waals surface area (Å²) in [5, 5.41) is 7.08. The van der Waals surface area contributed by atoms with Gasteiger partial charge in [-0.1, -0.05) is 30.5 Å². The summed E-state index contributed by atoms with van der Waals surface area (Å²) in [5.74, 6) is 0.610. The van der Waals surface area contributed by atoms with Gasteiger partial charge in [0, 0.05) is 6.54 Å². The van der Waals surface area contributed by atoms with Crippen molar-refractivity contribution in [1.82, 2.24) is 5.32 Å². The van der Waals surface area contributed by atoms with Crippen molar-refractivity contribution in [2.24, 2.45) is 11.3 Å². The second-order valence-electron chi connectivity index (χ2n) is 6.17. The molecule has 0 radical (unpaired) electrons. The lowest BCUT2D eigenvalue weighted by Crippen LogP contribution is -2.44. The van der Waals surface area contributed by atoms with Crippen molar-refractivity contribution in [3.63, 3.8) is 0 Å². The van der Waals surface area contributed by atoms with E-state index in [0.717, 1.165) is 43.6 Å². The third-order valence-electron chi connectivity index (χ3n) is 4.86. The molecule has 0 bridgehead atoms. The van der Waals surface area contributed by atoms with Crippen LogP contribution < -0.4 is 10.6 Å². The molecule has 2 aliphatic rings. The second kappa shape index (κ2) is 6.55. The number of anilines is 1. The Kier molecular flexibility index (Phi) is 5.18. The molecule has 2 N–H and O–H groups in total. The highest BCUT2D eigenvalue weighted by Gasteiger charge is 2.49. The van der Waals surface area contributed by atoms with E-state index in [1.165, 1.54) is 6.42 Å². The fourth-order valence-electron chi connectivity index (χ4n) is 3.66. The monoisotopic (exact) mass is 328 g/mol. The normalized spacial score (nSPS) is 27.6. The lowest BCUT2D eigenvalue weighted by molar-refractivity contribution is -0.128. The van der Waals surface area contributed by atoms with Crippen molar-refractivity contribution in [2.45, 2.75) is 32.6 Å². The molecule has 1 saturated carbocycles. The highest BCUT2D eigenvalue weighted by molar-refractivity contribution is 6.33. The molecule has 1 aromatic carbocycles. The molecule has 1 aromatic rings. The predicted octanol–water partition coefficient (Wildman–Crippen LogP) is 3.79. The molecule has 116 valence electrons. The molecule has 0 unspecified atom stereocenters. The van der Waals surface area contributed by atoms with Gasteiger partial charge in [0.1, 0.15) is 0 Å². The molecule has 2 fully saturated rings. The molecule has 3 rings (SSSR count). The van der Waals surface area contributed by atoms with Crippen LogP contribution in [0.4, 0.5) is 5.69 Å². The summed E-state index contributed by atoms with van der Waals surface area (Å²) in [4.78, 5) is 12.8. The summed E-state index contributed by atoms with van der Waals surface area (Å²) in [6.07, 6.45) is 4.53. The van der Waals surface area contributed by atoms with Gasteiger partial charge in [-0.2, -0.15) is 0 Å². The molecule has 1 aliphatic carbocycles. The number of amides is 1. The van der Waals surface area contributed by atoms with E-state index >= 15 is 0 Å². The minimum Gasteiger partial charge on any atom is -0.324 e. The van der Waals surface area contributed by atoms with E-state index in [1.807, 2.05) is 25.1 Å². The van der Waals surface area contributed by atoms with Crippen molar-refractivity contribution in [1.29, 1.82) is 0 Å². The molecule has 2 atom stereocenters. The molecule has 1 heterocycles. The van der Waals surface area contributed by atoms with Crippen LogP contribution in [0.1, 0.15) is 31.2 Å². The number of fused-ring (bicyclic) bond motifs is 1. The van der Waals surface area contributed by atoms with E-state index in [9.17, 15) is 4.79 Å². The number of hydrogen-bond donors (Lipinski definition) is 2. The van der Waals surface area contributed by atoms with Crippen molar-refractivity contribution >= 4 is 35.6 Å². The van der Waals surface area contributed by atoms with Gasteiger partial charge in [-0.3, -0.25) is 4.79 Å². The van der Waals surface area contributed by atoms with Crippen LogP contribution in [0.2, 0.25) is 5.02 Å². The van der Waals surface area contributed by atoms with Crippen LogP contribution in [0.5, 0.6) is 0 Å². The maximum atomic E-state index is 12.8. The molecule has 0 spiro atoms. The first-order valence-corrected chi connectivity index (χ1v) is 7.78. The van der Waals surface area contributed by atoms with E-state index < -0.39 is 0 Å². The number of hydrogen-bond acceptors (Lipinski definition) is 2. The first-order chi connectivity index (χ1) is 9.62. The van der Waals surface area contributed by atoms with Gasteiger partial charge >= 0.3 is 0 Å². The molecular formula is C16H22Cl2N2O. The number of carbonyl (C=O) groups excluding carboxylic acids is 1. The first-order valence-electron chi connectivity index (χ1n) is 7.40. The zero-order valence-corrected chi connectivity index (χ0v) is 13.8. The van der Waals surface area contributed by atoms with Crippen LogP contribution in [-0.4, -0.2) is 19.0 Å². The zero-order chi connectivity index (χ0) is 14.2. The van der Waals surface area contributed by atoms with Crippen LogP contribution in [0.25, 0.3) is 0 Å². The van der Waals surface area contributed by atoms with Gasteiger partial charge in [0.25, 0.3) is 0 Å². The van der Waals surface area contributed by atoms with E-state index in [4.69, 9.17) is 11.6 Å². The Labute approximate surface area is 137 Å². The quantitative estimate of drug-likeness (QED) is 0.867. The van der Waals surface area contributed by atoms with Gasteiger partial charge in [0.05, 0.1) is 16.1 Å². The summed E-state index contributed by atoms with van der Waals surface area (Å²) in [5.41, 5.74) is 1.60. The number of aryl methyl sites for hydroxylation is 1. The minimum absolute atomic E-state index is 0. The maximum absolute atomic E-state index is 12.8. The second-order valence-corrected chi connectivity index (χ2v) is 6.57. The predicted molar refractivity (Wildman–Crippen MR) is 89.3 cm³/mol. The Balaban J connectivity index is 0.00000161. The van der Waals surface area contributed by atoms with Crippen LogP contribution >= 0.6 is 24.0 Å². The topological polar surface area (TPSA) is 41.1 Å². The van der Waals surface area contributed by atoms with E-state index in [1.54, 1.807) is 0 Å². The average Bonchev–Trinajstić information content (AvgIpc) is 2.87. The highest BCUT2D eigenvalue weighted by Crippen LogP contribution is 2.44. The lowest BCUT2D eigenvalue weighted by Gasteiger charge is -2.37. The molecule has 1 saturated heterocycles. The summed E-state index contributed by atoms with van der Waals surface area (Å²) >= 11 is 6.22. The fraction of sp³-hybridized carbons (Fsp3) is 0.562. The van der Waals surface area contributed by atoms with Crippen LogP contribution in [0, 0.1) is 18.3 Å².